The van der Waals surface area contributed by atoms with E-state index in [2.05, 4.69) is 5.32 Å². The summed E-state index contributed by atoms with van der Waals surface area (Å²) in [5.74, 6) is -2.30. The Hall–Kier alpha value is -3.23. The number of hydrogen-bond donors (Lipinski definition) is 2. The van der Waals surface area contributed by atoms with E-state index in [1.54, 1.807) is 29.2 Å². The van der Waals surface area contributed by atoms with Gasteiger partial charge in [-0.15, -0.1) is 23.7 Å². The van der Waals surface area contributed by atoms with Gasteiger partial charge in [-0.25, -0.2) is 9.59 Å². The maximum atomic E-state index is 13.4. The molecule has 39 heavy (non-hydrogen) atoms. The van der Waals surface area contributed by atoms with Crippen molar-refractivity contribution in [3.63, 3.8) is 0 Å². The molecule has 2 N–H and O–H groups in total. The van der Waals surface area contributed by atoms with Crippen molar-refractivity contribution in [3.8, 4) is 0 Å². The molecule has 2 fully saturated rings. The van der Waals surface area contributed by atoms with Gasteiger partial charge in [0.1, 0.15) is 19.0 Å². The normalized spacial score (nSPS) is 18.7. The Bertz CT molecular complexity index is 1240. The monoisotopic (exact) mass is 600 g/mol. The van der Waals surface area contributed by atoms with Gasteiger partial charge in [-0.3, -0.25) is 19.8 Å². The second-order valence-corrected chi connectivity index (χ2v) is 10.3. The minimum atomic E-state index is -2.08. The highest BCUT2D eigenvalue weighted by atomic mass is 35.5. The minimum absolute atomic E-state index is 0. The molecule has 15 heteroatoms. The number of aliphatic carboxylic acids is 1. The van der Waals surface area contributed by atoms with Crippen LogP contribution in [0.25, 0.3) is 0 Å². The number of benzene rings is 1. The zero-order chi connectivity index (χ0) is 27.4. The number of hydrogen-bond acceptors (Lipinski definition) is 9. The number of carboxylic acids is 1. The first-order chi connectivity index (χ1) is 18.2. The number of cyclic esters (lactones) is 1. The van der Waals surface area contributed by atoms with Crippen molar-refractivity contribution in [2.24, 2.45) is 0 Å². The molecule has 210 valence electrons. The number of likely N-dealkylation sites (N-methyl/N-ethyl adjacent to an activating group) is 1. The molecule has 2 aliphatic heterocycles. The molecule has 1 aromatic carbocycles. The number of nitrogens with one attached hydrogen (secondary N) is 1. The summed E-state index contributed by atoms with van der Waals surface area (Å²) in [5.41, 5.74) is -0.927. The van der Waals surface area contributed by atoms with Crippen LogP contribution in [0.4, 0.5) is 16.2 Å². The van der Waals surface area contributed by atoms with Crippen molar-refractivity contribution in [3.05, 3.63) is 45.6 Å². The third kappa shape index (κ3) is 6.17. The van der Waals surface area contributed by atoms with Crippen molar-refractivity contribution in [1.82, 2.24) is 10.2 Å². The number of amides is 3. The number of halogens is 2. The highest BCUT2D eigenvalue weighted by molar-refractivity contribution is 7.18. The first-order valence-electron chi connectivity index (χ1n) is 11.6. The molecule has 0 aliphatic carbocycles. The van der Waals surface area contributed by atoms with E-state index in [0.29, 0.717) is 35.1 Å². The summed E-state index contributed by atoms with van der Waals surface area (Å²) < 4.78 is 11.0. The smallest absolute Gasteiger partial charge is 0.414 e. The lowest BCUT2D eigenvalue weighted by molar-refractivity contribution is -0.154. The average molecular weight is 601 g/mol. The summed E-state index contributed by atoms with van der Waals surface area (Å²) in [6.45, 7) is 0.559. The third-order valence-electron chi connectivity index (χ3n) is 6.36. The van der Waals surface area contributed by atoms with Crippen LogP contribution in [0, 0.1) is 0 Å². The van der Waals surface area contributed by atoms with E-state index in [1.165, 1.54) is 24.1 Å². The number of carbonyl (C=O) groups is 5. The molecule has 0 spiro atoms. The summed E-state index contributed by atoms with van der Waals surface area (Å²) in [4.78, 5) is 66.2. The van der Waals surface area contributed by atoms with Crippen LogP contribution in [0.3, 0.4) is 0 Å². The summed E-state index contributed by atoms with van der Waals surface area (Å²) in [6.07, 6.45) is -1.73. The topological polar surface area (TPSA) is 146 Å². The van der Waals surface area contributed by atoms with E-state index in [4.69, 9.17) is 21.1 Å². The molecule has 2 aromatic rings. The standard InChI is InChI=1S/C24H25ClN4O8S.ClH/c1-26-24(8-10-30,22(33)34)29(21(32)18-6-7-19(25)38-18)13-17-12-28(23(35)37-17)16-4-2-15(3-5-16)27-9-11-36-14-20(27)31;/h2-7,10,17,26H,8-9,11-14H2,1H3,(H,33,34);1H/t17-,24-;/m1./s1. The van der Waals surface area contributed by atoms with E-state index in [1.807, 2.05) is 0 Å². The molecular formula is C24H26Cl2N4O8S. The number of thiophene rings is 1. The van der Waals surface area contributed by atoms with Gasteiger partial charge in [-0.2, -0.15) is 0 Å². The molecule has 1 aromatic heterocycles. The number of carboxylic acid groups (broad SMARTS) is 1. The van der Waals surface area contributed by atoms with Gasteiger partial charge in [-0.1, -0.05) is 11.6 Å². The van der Waals surface area contributed by atoms with E-state index in [9.17, 15) is 29.1 Å². The fourth-order valence-corrected chi connectivity index (χ4v) is 5.38. The van der Waals surface area contributed by atoms with Crippen molar-refractivity contribution in [2.45, 2.75) is 18.2 Å². The van der Waals surface area contributed by atoms with Crippen LogP contribution in [0.5, 0.6) is 0 Å². The molecule has 0 unspecified atom stereocenters. The average Bonchev–Trinajstić information content (AvgIpc) is 3.51. The second kappa shape index (κ2) is 12.7. The Balaban J connectivity index is 0.00000420. The predicted molar refractivity (Wildman–Crippen MR) is 145 cm³/mol. The molecule has 3 amide bonds. The van der Waals surface area contributed by atoms with Crippen LogP contribution < -0.4 is 15.1 Å². The summed E-state index contributed by atoms with van der Waals surface area (Å²) >= 11 is 6.94. The van der Waals surface area contributed by atoms with Crippen LogP contribution >= 0.6 is 35.3 Å². The van der Waals surface area contributed by atoms with Gasteiger partial charge < -0.3 is 29.2 Å². The van der Waals surface area contributed by atoms with Crippen LogP contribution in [-0.4, -0.2) is 91.8 Å². The number of nitrogens with zero attached hydrogens (tertiary/aromatic N) is 3. The molecule has 0 radical (unpaired) electrons. The van der Waals surface area contributed by atoms with Crippen LogP contribution in [0.2, 0.25) is 4.34 Å². The van der Waals surface area contributed by atoms with Crippen molar-refractivity contribution in [2.75, 3.05) is 49.7 Å². The fraction of sp³-hybridized carbons (Fsp3) is 0.375. The van der Waals surface area contributed by atoms with E-state index < -0.39 is 36.2 Å². The maximum absolute atomic E-state index is 13.4. The second-order valence-electron chi connectivity index (χ2n) is 8.54. The van der Waals surface area contributed by atoms with Crippen LogP contribution in [-0.2, 0) is 23.9 Å². The maximum Gasteiger partial charge on any atom is 0.414 e. The van der Waals surface area contributed by atoms with Crippen molar-refractivity contribution >= 4 is 76.9 Å². The molecule has 4 rings (SSSR count). The molecule has 2 aliphatic rings. The van der Waals surface area contributed by atoms with Crippen LogP contribution in [0.15, 0.2) is 36.4 Å². The highest BCUT2D eigenvalue weighted by Gasteiger charge is 2.48. The lowest BCUT2D eigenvalue weighted by Gasteiger charge is -2.40. The van der Waals surface area contributed by atoms with E-state index >= 15 is 0 Å². The number of morpholine rings is 1. The van der Waals surface area contributed by atoms with Crippen molar-refractivity contribution in [1.29, 1.82) is 0 Å². The lowest BCUT2D eigenvalue weighted by Crippen LogP contribution is -2.66. The van der Waals surface area contributed by atoms with Gasteiger partial charge in [-0.05, 0) is 43.4 Å². The Morgan fingerprint density at radius 2 is 1.87 bits per heavy atom. The molecule has 12 nitrogen and oxygen atoms in total. The molecule has 3 heterocycles. The van der Waals surface area contributed by atoms with Gasteiger partial charge in [0, 0.05) is 17.9 Å². The summed E-state index contributed by atoms with van der Waals surface area (Å²) in [5, 5.41) is 12.6. The highest BCUT2D eigenvalue weighted by Crippen LogP contribution is 2.30. The number of anilines is 2. The van der Waals surface area contributed by atoms with Gasteiger partial charge in [0.05, 0.1) is 35.3 Å². The number of ether oxygens (including phenoxy) is 2. The number of rotatable bonds is 10. The summed E-state index contributed by atoms with van der Waals surface area (Å²) in [6, 6.07) is 9.70. The predicted octanol–water partition coefficient (Wildman–Crippen LogP) is 2.24. The number of carbonyl (C=O) groups excluding carboxylic acids is 4. The minimum Gasteiger partial charge on any atom is -0.478 e. The summed E-state index contributed by atoms with van der Waals surface area (Å²) in [7, 11) is 1.33. The van der Waals surface area contributed by atoms with Gasteiger partial charge in [0.25, 0.3) is 11.8 Å². The van der Waals surface area contributed by atoms with E-state index in [0.717, 1.165) is 16.2 Å². The first-order valence-corrected chi connectivity index (χ1v) is 12.8. The SMILES string of the molecule is CN[C@@](CC=O)(C(=O)O)N(C[C@H]1CN(c2ccc(N3CCOCC3=O)cc2)C(=O)O1)C(=O)c1ccc(Cl)s1.Cl. The third-order valence-corrected chi connectivity index (χ3v) is 7.57. The Labute approximate surface area is 238 Å². The van der Waals surface area contributed by atoms with Crippen LogP contribution in [0.1, 0.15) is 16.1 Å². The first kappa shape index (κ1) is 30.3. The fourth-order valence-electron chi connectivity index (χ4n) is 4.39. The van der Waals surface area contributed by atoms with Crippen molar-refractivity contribution < 1.29 is 38.6 Å². The molecule has 2 saturated heterocycles. The molecule has 0 bridgehead atoms. The molecular weight excluding hydrogens is 575 g/mol. The van der Waals surface area contributed by atoms with E-state index in [-0.39, 0.29) is 42.9 Å². The Kier molecular flexibility index (Phi) is 9.91. The lowest BCUT2D eigenvalue weighted by atomic mass is 10.0. The molecule has 2 atom stereocenters. The van der Waals surface area contributed by atoms with Gasteiger partial charge >= 0.3 is 12.1 Å². The number of aldehydes is 1. The Morgan fingerprint density at radius 3 is 2.41 bits per heavy atom. The van der Waals surface area contributed by atoms with Gasteiger partial charge in [0.15, 0.2) is 5.66 Å². The zero-order valence-electron chi connectivity index (χ0n) is 20.7. The molecule has 0 saturated carbocycles. The Morgan fingerprint density at radius 1 is 1.21 bits per heavy atom. The zero-order valence-corrected chi connectivity index (χ0v) is 23.1. The quantitative estimate of drug-likeness (QED) is 0.309. The van der Waals surface area contributed by atoms with Gasteiger partial charge in [0.2, 0.25) is 0 Å². The largest absolute Gasteiger partial charge is 0.478 e.